The summed E-state index contributed by atoms with van der Waals surface area (Å²) >= 11 is 0. The van der Waals surface area contributed by atoms with Crippen LogP contribution in [-0.2, 0) is 16.6 Å². The third-order valence-corrected chi connectivity index (χ3v) is 8.83. The van der Waals surface area contributed by atoms with Gasteiger partial charge in [0.2, 0.25) is 0 Å². The van der Waals surface area contributed by atoms with Crippen molar-refractivity contribution in [3.63, 3.8) is 0 Å². The van der Waals surface area contributed by atoms with Gasteiger partial charge in [0.1, 0.15) is 0 Å². The van der Waals surface area contributed by atoms with Crippen molar-refractivity contribution < 1.29 is 8.42 Å². The number of hydrogen-bond donors (Lipinski definition) is 0. The Hall–Kier alpha value is -2.63. The molecule has 174 valence electrons. The van der Waals surface area contributed by atoms with Crippen LogP contribution in [-0.4, -0.2) is 32.4 Å². The average Bonchev–Trinajstić information content (AvgIpc) is 2.79. The molecule has 4 rings (SSSR count). The fourth-order valence-electron chi connectivity index (χ4n) is 4.66. The molecular weight excluding hydrogens is 428 g/mol. The zero-order chi connectivity index (χ0) is 23.6. The fraction of sp³-hybridized carbons (Fsp3) is 0.357. The molecule has 0 unspecified atom stereocenters. The maximum atomic E-state index is 13.9. The Morgan fingerprint density at radius 2 is 1.48 bits per heavy atom. The molecule has 5 heteroatoms. The summed E-state index contributed by atoms with van der Waals surface area (Å²) in [6, 6.07) is 21.7. The zero-order valence-corrected chi connectivity index (χ0v) is 20.9. The Morgan fingerprint density at radius 1 is 0.818 bits per heavy atom. The molecule has 0 radical (unpaired) electrons. The van der Waals surface area contributed by atoms with Gasteiger partial charge in [-0.3, -0.25) is 9.21 Å². The summed E-state index contributed by atoms with van der Waals surface area (Å²) in [4.78, 5) is 2.83. The van der Waals surface area contributed by atoms with Gasteiger partial charge in [0, 0.05) is 25.7 Å². The van der Waals surface area contributed by atoms with Crippen molar-refractivity contribution in [2.24, 2.45) is 0 Å². The summed E-state index contributed by atoms with van der Waals surface area (Å²) in [7, 11) is -3.67. The van der Waals surface area contributed by atoms with Crippen LogP contribution in [0.2, 0.25) is 0 Å². The highest BCUT2D eigenvalue weighted by atomic mass is 32.2. The number of piperidine rings is 1. The molecule has 0 spiro atoms. The summed E-state index contributed by atoms with van der Waals surface area (Å²) in [5, 5.41) is 0. The lowest BCUT2D eigenvalue weighted by molar-refractivity contribution is 0.206. The van der Waals surface area contributed by atoms with Crippen molar-refractivity contribution in [3.8, 4) is 0 Å². The molecule has 1 heterocycles. The molecule has 0 bridgehead atoms. The first kappa shape index (κ1) is 23.5. The minimum Gasteiger partial charge on any atom is -0.299 e. The molecule has 0 saturated carbocycles. The zero-order valence-electron chi connectivity index (χ0n) is 20.1. The molecule has 1 aliphatic heterocycles. The lowest BCUT2D eigenvalue weighted by atomic mass is 10.0. The predicted molar refractivity (Wildman–Crippen MR) is 136 cm³/mol. The standard InChI is InChI=1S/C28H34N2O2S/c1-21-9-13-26(14-10-21)30(33(31,32)28-8-6-5-7-23(28)3)27-15-17-29(18-16-27)20-25-12-11-22(2)24(4)19-25/h5-14,19,27H,15-18,20H2,1-4H3. The fourth-order valence-corrected chi connectivity index (χ4v) is 6.60. The summed E-state index contributed by atoms with van der Waals surface area (Å²) in [6.07, 6.45) is 1.62. The summed E-state index contributed by atoms with van der Waals surface area (Å²) in [5.41, 5.74) is 6.60. The van der Waals surface area contributed by atoms with E-state index < -0.39 is 10.0 Å². The van der Waals surface area contributed by atoms with Gasteiger partial charge in [0.05, 0.1) is 10.6 Å². The van der Waals surface area contributed by atoms with E-state index in [0.29, 0.717) is 4.90 Å². The lowest BCUT2D eigenvalue weighted by Crippen LogP contribution is -2.47. The molecular formula is C28H34N2O2S. The van der Waals surface area contributed by atoms with Crippen LogP contribution in [0.25, 0.3) is 0 Å². The molecule has 0 aromatic heterocycles. The number of hydrogen-bond acceptors (Lipinski definition) is 3. The van der Waals surface area contributed by atoms with E-state index in [9.17, 15) is 8.42 Å². The number of anilines is 1. The maximum absolute atomic E-state index is 13.9. The molecule has 0 atom stereocenters. The van der Waals surface area contributed by atoms with Gasteiger partial charge < -0.3 is 0 Å². The Morgan fingerprint density at radius 3 is 2.12 bits per heavy atom. The second-order valence-electron chi connectivity index (χ2n) is 9.33. The van der Waals surface area contributed by atoms with Crippen LogP contribution in [0, 0.1) is 27.7 Å². The quantitative estimate of drug-likeness (QED) is 0.466. The topological polar surface area (TPSA) is 40.6 Å². The van der Waals surface area contributed by atoms with Gasteiger partial charge >= 0.3 is 0 Å². The van der Waals surface area contributed by atoms with Gasteiger partial charge in [0.15, 0.2) is 0 Å². The highest BCUT2D eigenvalue weighted by Gasteiger charge is 2.34. The van der Waals surface area contributed by atoms with Gasteiger partial charge in [-0.25, -0.2) is 8.42 Å². The van der Waals surface area contributed by atoms with Crippen LogP contribution >= 0.6 is 0 Å². The maximum Gasteiger partial charge on any atom is 0.264 e. The van der Waals surface area contributed by atoms with Crippen molar-refractivity contribution >= 4 is 15.7 Å². The number of sulfonamides is 1. The molecule has 33 heavy (non-hydrogen) atoms. The highest BCUT2D eigenvalue weighted by Crippen LogP contribution is 2.32. The smallest absolute Gasteiger partial charge is 0.264 e. The molecule has 1 fully saturated rings. The Kier molecular flexibility index (Phi) is 6.91. The average molecular weight is 463 g/mol. The summed E-state index contributed by atoms with van der Waals surface area (Å²) < 4.78 is 29.5. The van der Waals surface area contributed by atoms with Crippen molar-refractivity contribution in [2.45, 2.75) is 58.0 Å². The second-order valence-corrected chi connectivity index (χ2v) is 11.1. The first-order valence-electron chi connectivity index (χ1n) is 11.7. The third kappa shape index (κ3) is 5.15. The van der Waals surface area contributed by atoms with Crippen LogP contribution in [0.5, 0.6) is 0 Å². The van der Waals surface area contributed by atoms with Crippen molar-refractivity contribution in [2.75, 3.05) is 17.4 Å². The number of benzene rings is 3. The third-order valence-electron chi connectivity index (χ3n) is 6.79. The van der Waals surface area contributed by atoms with Crippen molar-refractivity contribution in [1.29, 1.82) is 0 Å². The largest absolute Gasteiger partial charge is 0.299 e. The minimum atomic E-state index is -3.67. The monoisotopic (exact) mass is 462 g/mol. The van der Waals surface area contributed by atoms with E-state index in [-0.39, 0.29) is 6.04 Å². The molecule has 0 aliphatic carbocycles. The van der Waals surface area contributed by atoms with E-state index in [4.69, 9.17) is 0 Å². The van der Waals surface area contributed by atoms with Crippen LogP contribution in [0.4, 0.5) is 5.69 Å². The first-order chi connectivity index (χ1) is 15.8. The van der Waals surface area contributed by atoms with E-state index in [1.165, 1.54) is 16.7 Å². The van der Waals surface area contributed by atoms with Crippen LogP contribution in [0.15, 0.2) is 71.6 Å². The minimum absolute atomic E-state index is 0.0617. The van der Waals surface area contributed by atoms with Gasteiger partial charge in [-0.2, -0.15) is 0 Å². The highest BCUT2D eigenvalue weighted by molar-refractivity contribution is 7.93. The summed E-state index contributed by atoms with van der Waals surface area (Å²) in [5.74, 6) is 0. The molecule has 0 N–H and O–H groups in total. The Balaban J connectivity index is 1.58. The van der Waals surface area contributed by atoms with Crippen LogP contribution < -0.4 is 4.31 Å². The van der Waals surface area contributed by atoms with Crippen molar-refractivity contribution in [3.05, 3.63) is 94.5 Å². The van der Waals surface area contributed by atoms with Gasteiger partial charge in [0.25, 0.3) is 10.0 Å². The predicted octanol–water partition coefficient (Wildman–Crippen LogP) is 5.78. The molecule has 1 aliphatic rings. The molecule has 3 aromatic rings. The van der Waals surface area contributed by atoms with Crippen LogP contribution in [0.1, 0.15) is 40.7 Å². The number of likely N-dealkylation sites (tertiary alicyclic amines) is 1. The molecule has 4 nitrogen and oxygen atoms in total. The van der Waals surface area contributed by atoms with E-state index in [1.54, 1.807) is 16.4 Å². The van der Waals surface area contributed by atoms with Gasteiger partial charge in [-0.15, -0.1) is 0 Å². The summed E-state index contributed by atoms with van der Waals surface area (Å²) in [6.45, 7) is 10.8. The lowest BCUT2D eigenvalue weighted by Gasteiger charge is -2.39. The van der Waals surface area contributed by atoms with E-state index in [1.807, 2.05) is 50.2 Å². The number of rotatable bonds is 6. The Bertz CT molecular complexity index is 1210. The Labute approximate surface area is 198 Å². The second kappa shape index (κ2) is 9.70. The van der Waals surface area contributed by atoms with E-state index >= 15 is 0 Å². The molecule has 1 saturated heterocycles. The van der Waals surface area contributed by atoms with Crippen molar-refractivity contribution in [1.82, 2.24) is 4.90 Å². The normalized spacial score (nSPS) is 15.5. The van der Waals surface area contributed by atoms with Gasteiger partial charge in [-0.05, 0) is 81.0 Å². The first-order valence-corrected chi connectivity index (χ1v) is 13.1. The molecule has 3 aromatic carbocycles. The van der Waals surface area contributed by atoms with E-state index in [0.717, 1.165) is 49.3 Å². The van der Waals surface area contributed by atoms with Gasteiger partial charge in [-0.1, -0.05) is 54.1 Å². The van der Waals surface area contributed by atoms with Crippen LogP contribution in [0.3, 0.4) is 0 Å². The number of aryl methyl sites for hydroxylation is 4. The number of nitrogens with zero attached hydrogens (tertiary/aromatic N) is 2. The SMILES string of the molecule is Cc1ccc(N(C2CCN(Cc3ccc(C)c(C)c3)CC2)S(=O)(=O)c2ccccc2C)cc1. The van der Waals surface area contributed by atoms with E-state index in [2.05, 4.69) is 36.9 Å². The molecule has 0 amide bonds.